The van der Waals surface area contributed by atoms with Crippen LogP contribution in [0.15, 0.2) is 6.33 Å². The number of aromatic nitrogens is 3. The summed E-state index contributed by atoms with van der Waals surface area (Å²) < 4.78 is 26.5. The van der Waals surface area contributed by atoms with Gasteiger partial charge in [-0.2, -0.15) is 0 Å². The number of fused-ring (bicyclic) bond motifs is 1. The van der Waals surface area contributed by atoms with Crippen molar-refractivity contribution in [1.29, 1.82) is 0 Å². The first kappa shape index (κ1) is 13.8. The van der Waals surface area contributed by atoms with E-state index < -0.39 is 10.0 Å². The summed E-state index contributed by atoms with van der Waals surface area (Å²) in [7, 11) is -3.18. The Morgan fingerprint density at radius 3 is 2.68 bits per heavy atom. The lowest BCUT2D eigenvalue weighted by Crippen LogP contribution is -2.26. The number of anilines is 1. The monoisotopic (exact) mass is 283 g/mol. The van der Waals surface area contributed by atoms with Gasteiger partial charge >= 0.3 is 0 Å². The molecule has 0 saturated carbocycles. The van der Waals surface area contributed by atoms with Crippen molar-refractivity contribution in [3.63, 3.8) is 0 Å². The summed E-state index contributed by atoms with van der Waals surface area (Å²) in [4.78, 5) is 8.22. The predicted molar refractivity (Wildman–Crippen MR) is 74.3 cm³/mol. The highest BCUT2D eigenvalue weighted by atomic mass is 32.2. The maximum absolute atomic E-state index is 11.1. The fraction of sp³-hybridized carbons (Fsp3) is 0.455. The normalized spacial score (nSPS) is 12.2. The molecule has 0 amide bonds. The second-order valence-corrected chi connectivity index (χ2v) is 6.32. The van der Waals surface area contributed by atoms with Crippen LogP contribution in [0.1, 0.15) is 11.3 Å². The zero-order valence-electron chi connectivity index (χ0n) is 11.1. The van der Waals surface area contributed by atoms with Crippen LogP contribution in [0.3, 0.4) is 0 Å². The van der Waals surface area contributed by atoms with Gasteiger partial charge in [0.2, 0.25) is 10.0 Å². The lowest BCUT2D eigenvalue weighted by molar-refractivity contribution is 0.579. The Kier molecular flexibility index (Phi) is 3.46. The van der Waals surface area contributed by atoms with Gasteiger partial charge in [-0.15, -0.1) is 0 Å². The van der Waals surface area contributed by atoms with Gasteiger partial charge in [0.15, 0.2) is 0 Å². The van der Waals surface area contributed by atoms with E-state index in [0.29, 0.717) is 18.9 Å². The van der Waals surface area contributed by atoms with Gasteiger partial charge in [-0.3, -0.25) is 0 Å². The summed E-state index contributed by atoms with van der Waals surface area (Å²) in [6.45, 7) is 4.72. The molecule has 3 N–H and O–H groups in total. The van der Waals surface area contributed by atoms with Gasteiger partial charge in [-0.1, -0.05) is 0 Å². The molecule has 7 nitrogen and oxygen atoms in total. The smallest absolute Gasteiger partial charge is 0.208 e. The van der Waals surface area contributed by atoms with Crippen LogP contribution < -0.4 is 10.5 Å². The first-order valence-corrected chi connectivity index (χ1v) is 7.71. The molecular weight excluding hydrogens is 266 g/mol. The highest BCUT2D eigenvalue weighted by Gasteiger charge is 2.14. The van der Waals surface area contributed by atoms with Crippen molar-refractivity contribution in [2.45, 2.75) is 20.4 Å². The minimum atomic E-state index is -3.18. The van der Waals surface area contributed by atoms with Crippen molar-refractivity contribution in [3.8, 4) is 0 Å². The van der Waals surface area contributed by atoms with Gasteiger partial charge in [-0.25, -0.2) is 23.1 Å². The molecule has 0 aliphatic carbocycles. The van der Waals surface area contributed by atoms with E-state index in [9.17, 15) is 8.42 Å². The molecule has 19 heavy (non-hydrogen) atoms. The van der Waals surface area contributed by atoms with Crippen LogP contribution in [-0.4, -0.2) is 35.8 Å². The van der Waals surface area contributed by atoms with E-state index in [4.69, 9.17) is 5.73 Å². The summed E-state index contributed by atoms with van der Waals surface area (Å²) in [5.41, 5.74) is 8.63. The Labute approximate surface area is 111 Å². The molecule has 8 heteroatoms. The quantitative estimate of drug-likeness (QED) is 0.833. The fourth-order valence-corrected chi connectivity index (χ4v) is 2.57. The summed E-state index contributed by atoms with van der Waals surface area (Å²) in [5, 5.41) is 0.833. The largest absolute Gasteiger partial charge is 0.383 e. The standard InChI is InChI=1S/C11H17N5O2S/c1-7-8(2)16(5-4-15-19(3,17)18)11-9(7)10(12)13-6-14-11/h6,15H,4-5H2,1-3H3,(H2,12,13,14). The third-order valence-corrected chi connectivity index (χ3v) is 3.86. The Morgan fingerprint density at radius 1 is 1.37 bits per heavy atom. The maximum atomic E-state index is 11.1. The zero-order chi connectivity index (χ0) is 14.2. The van der Waals surface area contributed by atoms with E-state index >= 15 is 0 Å². The van der Waals surface area contributed by atoms with E-state index in [1.54, 1.807) is 0 Å². The second-order valence-electron chi connectivity index (χ2n) is 4.49. The van der Waals surface area contributed by atoms with E-state index in [1.807, 2.05) is 18.4 Å². The highest BCUT2D eigenvalue weighted by molar-refractivity contribution is 7.88. The Morgan fingerprint density at radius 2 is 2.05 bits per heavy atom. The zero-order valence-corrected chi connectivity index (χ0v) is 12.0. The number of nitrogen functional groups attached to an aromatic ring is 1. The van der Waals surface area contributed by atoms with Crippen molar-refractivity contribution in [2.24, 2.45) is 0 Å². The number of rotatable bonds is 4. The van der Waals surface area contributed by atoms with E-state index in [1.165, 1.54) is 6.33 Å². The molecule has 2 aromatic heterocycles. The molecular formula is C11H17N5O2S. The van der Waals surface area contributed by atoms with Crippen molar-refractivity contribution < 1.29 is 8.42 Å². The molecule has 0 aliphatic rings. The van der Waals surface area contributed by atoms with Gasteiger partial charge in [-0.05, 0) is 19.4 Å². The summed E-state index contributed by atoms with van der Waals surface area (Å²) in [5.74, 6) is 0.445. The fourth-order valence-electron chi connectivity index (χ4n) is 2.11. The minimum absolute atomic E-state index is 0.312. The molecule has 0 fully saturated rings. The predicted octanol–water partition coefficient (Wildman–Crippen LogP) is 0.180. The molecule has 2 rings (SSSR count). The summed E-state index contributed by atoms with van der Waals surface area (Å²) in [6, 6.07) is 0. The number of sulfonamides is 1. The topological polar surface area (TPSA) is 103 Å². The molecule has 0 spiro atoms. The SMILES string of the molecule is Cc1c(C)n(CCNS(C)(=O)=O)c2ncnc(N)c12. The van der Waals surface area contributed by atoms with Crippen LogP contribution in [0.5, 0.6) is 0 Å². The van der Waals surface area contributed by atoms with E-state index in [2.05, 4.69) is 14.7 Å². The maximum Gasteiger partial charge on any atom is 0.208 e. The molecule has 0 saturated heterocycles. The van der Waals surface area contributed by atoms with Crippen molar-refractivity contribution >= 4 is 26.9 Å². The van der Waals surface area contributed by atoms with Gasteiger partial charge in [0.25, 0.3) is 0 Å². The Balaban J connectivity index is 2.38. The van der Waals surface area contributed by atoms with Gasteiger partial charge in [0.05, 0.1) is 11.6 Å². The Hall–Kier alpha value is -1.67. The average molecular weight is 283 g/mol. The van der Waals surface area contributed by atoms with E-state index in [0.717, 1.165) is 28.5 Å². The number of nitrogens with two attached hydrogens (primary N) is 1. The third kappa shape index (κ3) is 2.69. The molecule has 0 radical (unpaired) electrons. The average Bonchev–Trinajstić information content (AvgIpc) is 2.54. The summed E-state index contributed by atoms with van der Waals surface area (Å²) in [6.07, 6.45) is 2.55. The minimum Gasteiger partial charge on any atom is -0.383 e. The van der Waals surface area contributed by atoms with Crippen LogP contribution in [0, 0.1) is 13.8 Å². The molecule has 0 aromatic carbocycles. The van der Waals surface area contributed by atoms with Crippen LogP contribution in [0.2, 0.25) is 0 Å². The van der Waals surface area contributed by atoms with Crippen LogP contribution in [0.4, 0.5) is 5.82 Å². The first-order chi connectivity index (χ1) is 8.81. The number of nitrogens with one attached hydrogen (secondary N) is 1. The lowest BCUT2D eigenvalue weighted by atomic mass is 10.2. The van der Waals surface area contributed by atoms with Gasteiger partial charge in [0, 0.05) is 18.8 Å². The second kappa shape index (κ2) is 4.78. The first-order valence-electron chi connectivity index (χ1n) is 5.81. The van der Waals surface area contributed by atoms with E-state index in [-0.39, 0.29) is 0 Å². The van der Waals surface area contributed by atoms with Crippen molar-refractivity contribution in [1.82, 2.24) is 19.3 Å². The molecule has 0 atom stereocenters. The summed E-state index contributed by atoms with van der Waals surface area (Å²) >= 11 is 0. The van der Waals surface area contributed by atoms with Crippen LogP contribution in [-0.2, 0) is 16.6 Å². The number of hydrogen-bond acceptors (Lipinski definition) is 5. The number of hydrogen-bond donors (Lipinski definition) is 2. The Bertz CT molecular complexity index is 720. The van der Waals surface area contributed by atoms with Crippen LogP contribution >= 0.6 is 0 Å². The molecule has 2 heterocycles. The van der Waals surface area contributed by atoms with Crippen molar-refractivity contribution in [3.05, 3.63) is 17.6 Å². The molecule has 0 aliphatic heterocycles. The van der Waals surface area contributed by atoms with Crippen molar-refractivity contribution in [2.75, 3.05) is 18.5 Å². The number of aryl methyl sites for hydroxylation is 1. The molecule has 2 aromatic rings. The highest BCUT2D eigenvalue weighted by Crippen LogP contribution is 2.26. The molecule has 0 bridgehead atoms. The van der Waals surface area contributed by atoms with Crippen LogP contribution in [0.25, 0.3) is 11.0 Å². The lowest BCUT2D eigenvalue weighted by Gasteiger charge is -2.08. The molecule has 0 unspecified atom stereocenters. The van der Waals surface area contributed by atoms with Gasteiger partial charge in [0.1, 0.15) is 17.8 Å². The number of nitrogens with zero attached hydrogens (tertiary/aromatic N) is 3. The molecule has 104 valence electrons. The van der Waals surface area contributed by atoms with Gasteiger partial charge < -0.3 is 10.3 Å². The third-order valence-electron chi connectivity index (χ3n) is 3.13.